The lowest BCUT2D eigenvalue weighted by molar-refractivity contribution is -0.138. The van der Waals surface area contributed by atoms with Crippen LogP contribution >= 0.6 is 0 Å². The number of carbonyl (C=O) groups is 1. The fraction of sp³-hybridized carbons (Fsp3) is 0.316. The van der Waals surface area contributed by atoms with E-state index in [0.717, 1.165) is 5.75 Å². The van der Waals surface area contributed by atoms with Gasteiger partial charge in [0.15, 0.2) is 6.61 Å². The van der Waals surface area contributed by atoms with E-state index >= 15 is 0 Å². The van der Waals surface area contributed by atoms with Crippen LogP contribution in [0.3, 0.4) is 0 Å². The minimum absolute atomic E-state index is 0.0133. The SMILES string of the molecule is CCOc1ccc(OCC(=O)N2CC(c3nc(-c4ncccn4)no3)C2)cc1. The molecule has 28 heavy (non-hydrogen) atoms. The predicted molar refractivity (Wildman–Crippen MR) is 97.8 cm³/mol. The van der Waals surface area contributed by atoms with Gasteiger partial charge in [0.1, 0.15) is 11.5 Å². The second kappa shape index (κ2) is 8.03. The smallest absolute Gasteiger partial charge is 0.260 e. The first kappa shape index (κ1) is 17.9. The minimum atomic E-state index is -0.0868. The van der Waals surface area contributed by atoms with Gasteiger partial charge in [0.2, 0.25) is 17.5 Å². The second-order valence-electron chi connectivity index (χ2n) is 6.22. The Balaban J connectivity index is 1.26. The van der Waals surface area contributed by atoms with Crippen molar-refractivity contribution < 1.29 is 18.8 Å². The summed E-state index contributed by atoms with van der Waals surface area (Å²) in [5, 5.41) is 3.91. The first-order chi connectivity index (χ1) is 13.7. The Kier molecular flexibility index (Phi) is 5.14. The van der Waals surface area contributed by atoms with Gasteiger partial charge in [-0.3, -0.25) is 4.79 Å². The third kappa shape index (κ3) is 3.93. The van der Waals surface area contributed by atoms with Crippen LogP contribution in [0.15, 0.2) is 47.2 Å². The Labute approximate surface area is 161 Å². The molecular weight excluding hydrogens is 362 g/mol. The van der Waals surface area contributed by atoms with E-state index in [0.29, 0.717) is 43.0 Å². The van der Waals surface area contributed by atoms with Crippen LogP contribution < -0.4 is 9.47 Å². The van der Waals surface area contributed by atoms with Crippen LogP contribution in [0, 0.1) is 0 Å². The van der Waals surface area contributed by atoms with Gasteiger partial charge in [-0.2, -0.15) is 4.98 Å². The molecule has 0 spiro atoms. The van der Waals surface area contributed by atoms with Gasteiger partial charge < -0.3 is 18.9 Å². The highest BCUT2D eigenvalue weighted by molar-refractivity contribution is 5.78. The molecule has 0 atom stereocenters. The molecule has 144 valence electrons. The van der Waals surface area contributed by atoms with E-state index in [4.69, 9.17) is 14.0 Å². The number of aromatic nitrogens is 4. The molecule has 0 radical (unpaired) electrons. The molecule has 3 heterocycles. The number of likely N-dealkylation sites (tertiary alicyclic amines) is 1. The van der Waals surface area contributed by atoms with E-state index in [1.165, 1.54) is 0 Å². The highest BCUT2D eigenvalue weighted by atomic mass is 16.5. The molecule has 4 rings (SSSR count). The molecule has 1 saturated heterocycles. The van der Waals surface area contributed by atoms with Crippen LogP contribution in [0.1, 0.15) is 18.7 Å². The summed E-state index contributed by atoms with van der Waals surface area (Å²) in [5.41, 5.74) is 0. The fourth-order valence-electron chi connectivity index (χ4n) is 2.78. The van der Waals surface area contributed by atoms with Crippen molar-refractivity contribution in [3.05, 3.63) is 48.6 Å². The lowest BCUT2D eigenvalue weighted by Crippen LogP contribution is -2.50. The van der Waals surface area contributed by atoms with Gasteiger partial charge >= 0.3 is 0 Å². The van der Waals surface area contributed by atoms with Crippen molar-refractivity contribution in [2.45, 2.75) is 12.8 Å². The van der Waals surface area contributed by atoms with E-state index in [9.17, 15) is 4.79 Å². The van der Waals surface area contributed by atoms with E-state index in [2.05, 4.69) is 20.1 Å². The first-order valence-corrected chi connectivity index (χ1v) is 8.97. The Morgan fingerprint density at radius 1 is 1.11 bits per heavy atom. The molecule has 0 N–H and O–H groups in total. The van der Waals surface area contributed by atoms with Crippen LogP contribution in [-0.2, 0) is 4.79 Å². The summed E-state index contributed by atoms with van der Waals surface area (Å²) >= 11 is 0. The van der Waals surface area contributed by atoms with Crippen LogP contribution in [0.25, 0.3) is 11.6 Å². The molecule has 3 aromatic rings. The van der Waals surface area contributed by atoms with E-state index in [1.807, 2.05) is 19.1 Å². The largest absolute Gasteiger partial charge is 0.494 e. The third-order valence-corrected chi connectivity index (χ3v) is 4.29. The molecule has 0 unspecified atom stereocenters. The lowest BCUT2D eigenvalue weighted by Gasteiger charge is -2.36. The molecule has 0 bridgehead atoms. The highest BCUT2D eigenvalue weighted by Crippen LogP contribution is 2.27. The van der Waals surface area contributed by atoms with Crippen molar-refractivity contribution in [2.24, 2.45) is 0 Å². The van der Waals surface area contributed by atoms with Crippen molar-refractivity contribution >= 4 is 5.91 Å². The molecule has 9 nitrogen and oxygen atoms in total. The van der Waals surface area contributed by atoms with Crippen molar-refractivity contribution in [2.75, 3.05) is 26.3 Å². The number of nitrogens with zero attached hydrogens (tertiary/aromatic N) is 5. The molecule has 9 heteroatoms. The van der Waals surface area contributed by atoms with Crippen molar-refractivity contribution in [1.82, 2.24) is 25.0 Å². The number of carbonyl (C=O) groups excluding carboxylic acids is 1. The molecule has 0 aliphatic carbocycles. The Bertz CT molecular complexity index is 923. The van der Waals surface area contributed by atoms with Gasteiger partial charge in [0.25, 0.3) is 5.91 Å². The average Bonchev–Trinajstić information content (AvgIpc) is 3.17. The second-order valence-corrected chi connectivity index (χ2v) is 6.22. The minimum Gasteiger partial charge on any atom is -0.494 e. The van der Waals surface area contributed by atoms with Crippen LogP contribution in [-0.4, -0.2) is 57.2 Å². The fourth-order valence-corrected chi connectivity index (χ4v) is 2.78. The zero-order valence-electron chi connectivity index (χ0n) is 15.3. The zero-order chi connectivity index (χ0) is 19.3. The maximum atomic E-state index is 12.3. The number of rotatable bonds is 7. The third-order valence-electron chi connectivity index (χ3n) is 4.29. The van der Waals surface area contributed by atoms with Gasteiger partial charge in [-0.15, -0.1) is 0 Å². The quantitative estimate of drug-likeness (QED) is 0.612. The zero-order valence-corrected chi connectivity index (χ0v) is 15.3. The van der Waals surface area contributed by atoms with E-state index < -0.39 is 0 Å². The molecule has 0 saturated carbocycles. The number of ether oxygens (including phenoxy) is 2. The summed E-state index contributed by atoms with van der Waals surface area (Å²) in [6, 6.07) is 8.90. The van der Waals surface area contributed by atoms with Crippen LogP contribution in [0.2, 0.25) is 0 Å². The number of amides is 1. The van der Waals surface area contributed by atoms with Gasteiger partial charge in [-0.25, -0.2) is 9.97 Å². The molecular formula is C19H19N5O4. The van der Waals surface area contributed by atoms with Crippen LogP contribution in [0.5, 0.6) is 11.5 Å². The average molecular weight is 381 g/mol. The Hall–Kier alpha value is -3.49. The maximum Gasteiger partial charge on any atom is 0.260 e. The van der Waals surface area contributed by atoms with Crippen LogP contribution in [0.4, 0.5) is 0 Å². The number of hydrogen-bond acceptors (Lipinski definition) is 8. The van der Waals surface area contributed by atoms with E-state index in [1.54, 1.807) is 35.5 Å². The molecule has 1 fully saturated rings. The highest BCUT2D eigenvalue weighted by Gasteiger charge is 2.35. The maximum absolute atomic E-state index is 12.3. The van der Waals surface area contributed by atoms with E-state index in [-0.39, 0.29) is 18.4 Å². The normalized spacial score (nSPS) is 13.8. The summed E-state index contributed by atoms with van der Waals surface area (Å²) in [6.07, 6.45) is 3.24. The lowest BCUT2D eigenvalue weighted by atomic mass is 10.0. The topological polar surface area (TPSA) is 103 Å². The molecule has 2 aromatic heterocycles. The standard InChI is InChI=1S/C19H19N5O4/c1-2-26-14-4-6-15(7-5-14)27-12-16(25)24-10-13(11-24)19-22-18(23-28-19)17-20-8-3-9-21-17/h3-9,13H,2,10-12H2,1H3. The summed E-state index contributed by atoms with van der Waals surface area (Å²) in [6.45, 7) is 3.54. The summed E-state index contributed by atoms with van der Waals surface area (Å²) in [4.78, 5) is 26.5. The van der Waals surface area contributed by atoms with Crippen molar-refractivity contribution in [3.8, 4) is 23.1 Å². The van der Waals surface area contributed by atoms with Gasteiger partial charge in [0, 0.05) is 25.5 Å². The summed E-state index contributed by atoms with van der Waals surface area (Å²) in [7, 11) is 0. The predicted octanol–water partition coefficient (Wildman–Crippen LogP) is 1.93. The number of hydrogen-bond donors (Lipinski definition) is 0. The summed E-state index contributed by atoms with van der Waals surface area (Å²) in [5.74, 6) is 2.56. The molecule has 1 aliphatic rings. The van der Waals surface area contributed by atoms with Crippen molar-refractivity contribution in [1.29, 1.82) is 0 Å². The monoisotopic (exact) mass is 381 g/mol. The Morgan fingerprint density at radius 3 is 2.46 bits per heavy atom. The van der Waals surface area contributed by atoms with Crippen molar-refractivity contribution in [3.63, 3.8) is 0 Å². The molecule has 1 aromatic carbocycles. The first-order valence-electron chi connectivity index (χ1n) is 8.97. The molecule has 1 amide bonds. The Morgan fingerprint density at radius 2 is 1.79 bits per heavy atom. The molecule has 1 aliphatic heterocycles. The van der Waals surface area contributed by atoms with Gasteiger partial charge in [-0.05, 0) is 37.3 Å². The number of benzene rings is 1. The van der Waals surface area contributed by atoms with Gasteiger partial charge in [-0.1, -0.05) is 5.16 Å². The van der Waals surface area contributed by atoms with Gasteiger partial charge in [0.05, 0.1) is 12.5 Å². The summed E-state index contributed by atoms with van der Waals surface area (Å²) < 4.78 is 16.2.